The van der Waals surface area contributed by atoms with E-state index in [-0.39, 0.29) is 17.4 Å². The molecule has 1 amide bonds. The van der Waals surface area contributed by atoms with Crippen molar-refractivity contribution in [2.24, 2.45) is 5.92 Å². The summed E-state index contributed by atoms with van der Waals surface area (Å²) < 4.78 is 1.66. The Balaban J connectivity index is 1.36. The van der Waals surface area contributed by atoms with E-state index < -0.39 is 0 Å². The first kappa shape index (κ1) is 18.2. The molecule has 0 unspecified atom stereocenters. The van der Waals surface area contributed by atoms with Crippen LogP contribution in [-0.4, -0.2) is 62.2 Å². The second kappa shape index (κ2) is 7.82. The second-order valence-electron chi connectivity index (χ2n) is 7.11. The van der Waals surface area contributed by atoms with Crippen molar-refractivity contribution in [1.29, 1.82) is 0 Å². The highest BCUT2D eigenvalue weighted by Gasteiger charge is 2.31. The van der Waals surface area contributed by atoms with Crippen LogP contribution < -0.4 is 5.56 Å². The topological polar surface area (TPSA) is 71.3 Å². The average Bonchev–Trinajstić information content (AvgIpc) is 2.71. The van der Waals surface area contributed by atoms with Gasteiger partial charge in [0.05, 0.1) is 5.92 Å². The van der Waals surface area contributed by atoms with E-state index in [0.29, 0.717) is 17.9 Å². The third-order valence-electron chi connectivity index (χ3n) is 5.16. The molecule has 0 spiro atoms. The van der Waals surface area contributed by atoms with Crippen molar-refractivity contribution in [3.8, 4) is 0 Å². The molecule has 1 atom stereocenters. The highest BCUT2D eigenvalue weighted by molar-refractivity contribution is 7.99. The molecule has 7 nitrogen and oxygen atoms in total. The monoisotopic (exact) mass is 385 g/mol. The number of nitrogens with zero attached hydrogens (tertiary/aromatic N) is 5. The first-order valence-corrected chi connectivity index (χ1v) is 10.2. The van der Waals surface area contributed by atoms with Crippen LogP contribution in [0.3, 0.4) is 0 Å². The molecule has 2 aliphatic rings. The van der Waals surface area contributed by atoms with E-state index in [4.69, 9.17) is 0 Å². The first-order valence-electron chi connectivity index (χ1n) is 9.21. The molecule has 1 fully saturated rings. The Morgan fingerprint density at radius 2 is 2.07 bits per heavy atom. The SMILES string of the molecule is Cc1cnc2n(c1=O)C[C@@H](C(=O)N1CCN(Cc3cccnc3)CC1)CS2. The van der Waals surface area contributed by atoms with Crippen molar-refractivity contribution in [2.45, 2.75) is 25.2 Å². The fourth-order valence-corrected chi connectivity index (χ4v) is 4.62. The summed E-state index contributed by atoms with van der Waals surface area (Å²) in [6.07, 6.45) is 5.29. The van der Waals surface area contributed by atoms with Gasteiger partial charge < -0.3 is 4.90 Å². The molecular formula is C19H23N5O2S. The Labute approximate surface area is 162 Å². The molecule has 4 rings (SSSR count). The Bertz CT molecular complexity index is 877. The summed E-state index contributed by atoms with van der Waals surface area (Å²) in [7, 11) is 0. The van der Waals surface area contributed by atoms with Gasteiger partial charge >= 0.3 is 0 Å². The summed E-state index contributed by atoms with van der Waals surface area (Å²) in [5.74, 6) is 0.681. The zero-order valence-corrected chi connectivity index (χ0v) is 16.2. The van der Waals surface area contributed by atoms with Gasteiger partial charge in [-0.3, -0.25) is 24.0 Å². The fraction of sp³-hybridized carbons (Fsp3) is 0.474. The summed E-state index contributed by atoms with van der Waals surface area (Å²) in [5, 5.41) is 0.718. The number of carbonyl (C=O) groups is 1. The van der Waals surface area contributed by atoms with E-state index in [0.717, 1.165) is 37.9 Å². The van der Waals surface area contributed by atoms with Gasteiger partial charge in [-0.05, 0) is 18.6 Å². The average molecular weight is 385 g/mol. The molecule has 2 aromatic heterocycles. The summed E-state index contributed by atoms with van der Waals surface area (Å²) >= 11 is 1.50. The number of carbonyl (C=O) groups excluding carboxylic acids is 1. The van der Waals surface area contributed by atoms with Crippen molar-refractivity contribution in [2.75, 3.05) is 31.9 Å². The van der Waals surface area contributed by atoms with E-state index in [1.807, 2.05) is 17.2 Å². The number of hydrogen-bond acceptors (Lipinski definition) is 6. The normalized spacial score (nSPS) is 20.3. The zero-order chi connectivity index (χ0) is 18.8. The van der Waals surface area contributed by atoms with E-state index in [2.05, 4.69) is 20.9 Å². The number of hydrogen-bond donors (Lipinski definition) is 0. The molecule has 8 heteroatoms. The van der Waals surface area contributed by atoms with Gasteiger partial charge in [0, 0.05) is 69.2 Å². The third kappa shape index (κ3) is 3.91. The van der Waals surface area contributed by atoms with E-state index in [1.165, 1.54) is 17.3 Å². The fourth-order valence-electron chi connectivity index (χ4n) is 3.58. The van der Waals surface area contributed by atoms with Gasteiger partial charge in [-0.25, -0.2) is 4.98 Å². The highest BCUT2D eigenvalue weighted by atomic mass is 32.2. The Hall–Kier alpha value is -2.19. The number of amides is 1. The smallest absolute Gasteiger partial charge is 0.257 e. The van der Waals surface area contributed by atoms with Crippen LogP contribution in [0.2, 0.25) is 0 Å². The third-order valence-corrected chi connectivity index (χ3v) is 6.31. The number of fused-ring (bicyclic) bond motifs is 1. The lowest BCUT2D eigenvalue weighted by Crippen LogP contribution is -2.51. The molecule has 0 radical (unpaired) electrons. The molecular weight excluding hydrogens is 362 g/mol. The maximum absolute atomic E-state index is 13.0. The molecule has 0 N–H and O–H groups in total. The molecule has 2 aliphatic heterocycles. The number of aryl methyl sites for hydroxylation is 1. The van der Waals surface area contributed by atoms with Crippen LogP contribution in [-0.2, 0) is 17.9 Å². The Morgan fingerprint density at radius 3 is 2.81 bits per heavy atom. The maximum atomic E-state index is 13.0. The van der Waals surface area contributed by atoms with E-state index >= 15 is 0 Å². The van der Waals surface area contributed by atoms with E-state index in [9.17, 15) is 9.59 Å². The standard InChI is InChI=1S/C19H23N5O2S/c1-14-9-21-19-24(17(14)25)12-16(13-27-19)18(26)23-7-5-22(6-8-23)11-15-3-2-4-20-10-15/h2-4,9-10,16H,5-8,11-13H2,1H3/t16-/m1/s1. The van der Waals surface area contributed by atoms with Crippen LogP contribution in [0.25, 0.3) is 0 Å². The zero-order valence-electron chi connectivity index (χ0n) is 15.4. The summed E-state index contributed by atoms with van der Waals surface area (Å²) in [4.78, 5) is 38.1. The van der Waals surface area contributed by atoms with Crippen molar-refractivity contribution < 1.29 is 4.79 Å². The predicted molar refractivity (Wildman–Crippen MR) is 104 cm³/mol. The summed E-state index contributed by atoms with van der Waals surface area (Å²) in [6, 6.07) is 4.03. The van der Waals surface area contributed by atoms with E-state index in [1.54, 1.807) is 23.9 Å². The molecule has 27 heavy (non-hydrogen) atoms. The van der Waals surface area contributed by atoms with Gasteiger partial charge in [-0.1, -0.05) is 17.8 Å². The highest BCUT2D eigenvalue weighted by Crippen LogP contribution is 2.26. The number of aromatic nitrogens is 3. The first-order chi connectivity index (χ1) is 13.1. The van der Waals surface area contributed by atoms with Crippen molar-refractivity contribution in [3.63, 3.8) is 0 Å². The van der Waals surface area contributed by atoms with Gasteiger partial charge in [0.2, 0.25) is 5.91 Å². The molecule has 0 saturated carbocycles. The summed E-state index contributed by atoms with van der Waals surface area (Å²) in [6.45, 7) is 6.24. The number of pyridine rings is 1. The van der Waals surface area contributed by atoms with Gasteiger partial charge in [0.1, 0.15) is 0 Å². The summed E-state index contributed by atoms with van der Waals surface area (Å²) in [5.41, 5.74) is 1.78. The van der Waals surface area contributed by atoms with Crippen LogP contribution >= 0.6 is 11.8 Å². The maximum Gasteiger partial charge on any atom is 0.257 e. The van der Waals surface area contributed by atoms with Gasteiger partial charge in [0.25, 0.3) is 5.56 Å². The van der Waals surface area contributed by atoms with Crippen LogP contribution in [0.4, 0.5) is 0 Å². The van der Waals surface area contributed by atoms with Crippen LogP contribution in [0.15, 0.2) is 40.7 Å². The minimum Gasteiger partial charge on any atom is -0.340 e. The minimum atomic E-state index is -0.159. The molecule has 4 heterocycles. The van der Waals surface area contributed by atoms with Gasteiger partial charge in [0.15, 0.2) is 5.16 Å². The Kier molecular flexibility index (Phi) is 5.27. The molecule has 2 aromatic rings. The van der Waals surface area contributed by atoms with Crippen LogP contribution in [0.1, 0.15) is 11.1 Å². The lowest BCUT2D eigenvalue weighted by Gasteiger charge is -2.37. The largest absolute Gasteiger partial charge is 0.340 e. The minimum absolute atomic E-state index is 0.0358. The van der Waals surface area contributed by atoms with Gasteiger partial charge in [-0.15, -0.1) is 0 Å². The number of rotatable bonds is 3. The Morgan fingerprint density at radius 1 is 1.26 bits per heavy atom. The van der Waals surface area contributed by atoms with Crippen molar-refractivity contribution in [3.05, 3.63) is 52.2 Å². The lowest BCUT2D eigenvalue weighted by atomic mass is 10.1. The van der Waals surface area contributed by atoms with Gasteiger partial charge in [-0.2, -0.15) is 0 Å². The quantitative estimate of drug-likeness (QED) is 0.735. The van der Waals surface area contributed by atoms with Crippen LogP contribution in [0.5, 0.6) is 0 Å². The van der Waals surface area contributed by atoms with Crippen molar-refractivity contribution >= 4 is 17.7 Å². The number of piperazine rings is 1. The lowest BCUT2D eigenvalue weighted by molar-refractivity contribution is -0.137. The molecule has 1 saturated heterocycles. The van der Waals surface area contributed by atoms with Crippen LogP contribution in [0, 0.1) is 12.8 Å². The van der Waals surface area contributed by atoms with Crippen molar-refractivity contribution in [1.82, 2.24) is 24.3 Å². The molecule has 0 bridgehead atoms. The number of thioether (sulfide) groups is 1. The second-order valence-corrected chi connectivity index (χ2v) is 8.10. The molecule has 142 valence electrons. The molecule has 0 aliphatic carbocycles. The predicted octanol–water partition coefficient (Wildman–Crippen LogP) is 1.01. The molecule has 0 aromatic carbocycles.